The molecule has 2 N–H and O–H groups in total. The van der Waals surface area contributed by atoms with Gasteiger partial charge in [-0.25, -0.2) is 4.98 Å². The lowest BCUT2D eigenvalue weighted by Gasteiger charge is -1.79. The van der Waals surface area contributed by atoms with Crippen LogP contribution in [0.25, 0.3) is 0 Å². The number of hydrogen-bond acceptors (Lipinski definition) is 5. The minimum atomic E-state index is 0. The first-order valence-electron chi connectivity index (χ1n) is 16.5. The number of allylic oxidation sites excluding steroid dienone is 3. The number of hydrogen-bond donors (Lipinski definition) is 2. The van der Waals surface area contributed by atoms with Crippen LogP contribution >= 0.6 is 0 Å². The fourth-order valence-electron chi connectivity index (χ4n) is 1.34. The van der Waals surface area contributed by atoms with Crippen LogP contribution in [-0.4, -0.2) is 45.4 Å². The van der Waals surface area contributed by atoms with Crippen molar-refractivity contribution in [1.29, 1.82) is 0 Å². The number of nitrogens with zero attached hydrogens (tertiary/aromatic N) is 5. The van der Waals surface area contributed by atoms with Gasteiger partial charge in [-0.05, 0) is 41.7 Å². The van der Waals surface area contributed by atoms with E-state index < -0.39 is 0 Å². The average Bonchev–Trinajstić information content (AvgIpc) is 3.78. The summed E-state index contributed by atoms with van der Waals surface area (Å²) in [6.45, 7) is 33.4. The second-order valence-corrected chi connectivity index (χ2v) is 13.0. The van der Waals surface area contributed by atoms with E-state index in [0.717, 1.165) is 49.0 Å². The van der Waals surface area contributed by atoms with Gasteiger partial charge >= 0.3 is 0 Å². The Hall–Kier alpha value is -3.35. The molecule has 3 aliphatic rings. The van der Waals surface area contributed by atoms with Crippen LogP contribution in [0.5, 0.6) is 0 Å². The summed E-state index contributed by atoms with van der Waals surface area (Å²) in [5, 5.41) is 6.21. The third-order valence-electron chi connectivity index (χ3n) is 2.43. The molecule has 268 valence electrons. The van der Waals surface area contributed by atoms with Crippen molar-refractivity contribution in [1.82, 2.24) is 20.2 Å². The van der Waals surface area contributed by atoms with Crippen LogP contribution in [0.4, 0.5) is 0 Å². The number of nitrogens with one attached hydrogen (secondary N) is 2. The zero-order valence-electron chi connectivity index (χ0n) is 31.9. The van der Waals surface area contributed by atoms with Crippen LogP contribution in [-0.2, 0) is 0 Å². The molecular formula is C39H77N7. The van der Waals surface area contributed by atoms with E-state index in [-0.39, 0.29) is 7.43 Å². The molecule has 5 heterocycles. The molecule has 0 unspecified atom stereocenters. The molecule has 0 atom stereocenters. The standard InChI is InChI=1S/3C4H5N.5C4H10.2C3H4N2.CH4/c3*1-2-4-5-3-1;5*1-4(2)3;1-2-5-3-4-1;1-2-4-5-3-1;/h2*1,3-4H,2H2;1-3H,4H2;5*4H,1-3H3;2*1-3H,(H,4,5);1H4. The van der Waals surface area contributed by atoms with Gasteiger partial charge in [0.2, 0.25) is 0 Å². The van der Waals surface area contributed by atoms with Crippen LogP contribution in [0.1, 0.15) is 124 Å². The molecule has 2 aromatic heterocycles. The van der Waals surface area contributed by atoms with Crippen molar-refractivity contribution in [2.75, 3.05) is 6.54 Å². The van der Waals surface area contributed by atoms with E-state index in [4.69, 9.17) is 0 Å². The summed E-state index contributed by atoms with van der Waals surface area (Å²) in [6.07, 6.45) is 27.8. The quantitative estimate of drug-likeness (QED) is 0.299. The topological polar surface area (TPSA) is 94.4 Å². The molecule has 3 aliphatic heterocycles. The van der Waals surface area contributed by atoms with Crippen molar-refractivity contribution in [3.8, 4) is 0 Å². The number of aliphatic imine (C=N–C) groups is 3. The first-order chi connectivity index (χ1) is 21.2. The zero-order valence-corrected chi connectivity index (χ0v) is 31.9. The van der Waals surface area contributed by atoms with E-state index in [2.05, 4.69) is 139 Å². The van der Waals surface area contributed by atoms with Crippen molar-refractivity contribution in [2.24, 2.45) is 44.6 Å². The maximum absolute atomic E-state index is 3.85. The van der Waals surface area contributed by atoms with Gasteiger partial charge in [0.05, 0.1) is 12.9 Å². The lowest BCUT2D eigenvalue weighted by Crippen LogP contribution is -1.66. The Labute approximate surface area is 287 Å². The highest BCUT2D eigenvalue weighted by Crippen LogP contribution is 1.87. The van der Waals surface area contributed by atoms with E-state index in [1.165, 1.54) is 0 Å². The predicted molar refractivity (Wildman–Crippen MR) is 213 cm³/mol. The highest BCUT2D eigenvalue weighted by atomic mass is 15.1. The number of aromatic nitrogens is 4. The fraction of sp³-hybridized carbons (Fsp3) is 0.615. The van der Waals surface area contributed by atoms with Gasteiger partial charge in [-0.2, -0.15) is 5.10 Å². The monoisotopic (exact) mass is 644 g/mol. The molecule has 0 spiro atoms. The summed E-state index contributed by atoms with van der Waals surface area (Å²) in [7, 11) is 0. The minimum Gasteiger partial charge on any atom is -0.351 e. The van der Waals surface area contributed by atoms with Gasteiger partial charge in [0.15, 0.2) is 0 Å². The molecule has 7 heteroatoms. The summed E-state index contributed by atoms with van der Waals surface area (Å²) in [6, 6.07) is 1.83. The van der Waals surface area contributed by atoms with Crippen LogP contribution in [0.3, 0.4) is 0 Å². The second-order valence-electron chi connectivity index (χ2n) is 13.0. The Balaban J connectivity index is -0.0000000967. The largest absolute Gasteiger partial charge is 0.351 e. The van der Waals surface area contributed by atoms with Crippen LogP contribution in [0, 0.1) is 29.6 Å². The Morgan fingerprint density at radius 3 is 1.09 bits per heavy atom. The molecule has 2 aromatic rings. The number of imidazole rings is 1. The maximum Gasteiger partial charge on any atom is 0.0919 e. The van der Waals surface area contributed by atoms with Gasteiger partial charge < -0.3 is 4.98 Å². The molecule has 0 saturated carbocycles. The maximum atomic E-state index is 3.85. The normalized spacial score (nSPS) is 11.4. The molecule has 0 fully saturated rings. The van der Waals surface area contributed by atoms with Crippen LogP contribution in [0.2, 0.25) is 0 Å². The van der Waals surface area contributed by atoms with E-state index in [9.17, 15) is 0 Å². The van der Waals surface area contributed by atoms with Gasteiger partial charge in [0.25, 0.3) is 0 Å². The summed E-state index contributed by atoms with van der Waals surface area (Å²) >= 11 is 0. The molecule has 5 rings (SSSR count). The lowest BCUT2D eigenvalue weighted by atomic mass is 10.3. The second kappa shape index (κ2) is 51.2. The molecule has 46 heavy (non-hydrogen) atoms. The summed E-state index contributed by atoms with van der Waals surface area (Å²) in [5.41, 5.74) is 0. The molecule has 0 aromatic carbocycles. The number of H-pyrrole nitrogens is 2. The van der Waals surface area contributed by atoms with Crippen LogP contribution < -0.4 is 0 Å². The van der Waals surface area contributed by atoms with E-state index in [1.807, 2.05) is 42.8 Å². The minimum absolute atomic E-state index is 0. The summed E-state index contributed by atoms with van der Waals surface area (Å²) < 4.78 is 0. The van der Waals surface area contributed by atoms with Crippen LogP contribution in [0.15, 0.2) is 88.9 Å². The van der Waals surface area contributed by atoms with Gasteiger partial charge in [-0.3, -0.25) is 20.1 Å². The van der Waals surface area contributed by atoms with Crippen molar-refractivity contribution < 1.29 is 0 Å². The smallest absolute Gasteiger partial charge is 0.0919 e. The van der Waals surface area contributed by atoms with Crippen molar-refractivity contribution in [3.63, 3.8) is 0 Å². The number of aromatic amines is 2. The van der Waals surface area contributed by atoms with Gasteiger partial charge in [0, 0.05) is 68.7 Å². The van der Waals surface area contributed by atoms with Crippen molar-refractivity contribution >= 4 is 18.6 Å². The first kappa shape index (κ1) is 55.1. The van der Waals surface area contributed by atoms with Crippen molar-refractivity contribution in [3.05, 3.63) is 73.9 Å². The Bertz CT molecular complexity index is 678. The third kappa shape index (κ3) is 136. The van der Waals surface area contributed by atoms with Crippen molar-refractivity contribution in [2.45, 2.75) is 124 Å². The third-order valence-corrected chi connectivity index (χ3v) is 2.43. The molecule has 0 saturated heterocycles. The van der Waals surface area contributed by atoms with E-state index in [0.29, 0.717) is 0 Å². The fourth-order valence-corrected chi connectivity index (χ4v) is 1.34. The summed E-state index contributed by atoms with van der Waals surface area (Å²) in [5.74, 6) is 4.17. The highest BCUT2D eigenvalue weighted by Gasteiger charge is 1.74. The van der Waals surface area contributed by atoms with Gasteiger partial charge in [0.1, 0.15) is 0 Å². The Morgan fingerprint density at radius 1 is 0.565 bits per heavy atom. The first-order valence-corrected chi connectivity index (χ1v) is 16.5. The lowest BCUT2D eigenvalue weighted by molar-refractivity contribution is 0.736. The SMILES string of the molecule is C.C1=CCN=C1.C1=CN=CC1.C1=CN=CC1.CC(C)C.CC(C)C.CC(C)C.CC(C)C.CC(C)C.c1c[nH]cn1.c1cn[nH]c1. The highest BCUT2D eigenvalue weighted by molar-refractivity contribution is 5.73. The molecule has 0 aliphatic carbocycles. The molecule has 0 bridgehead atoms. The molecule has 7 nitrogen and oxygen atoms in total. The molecule has 0 amide bonds. The van der Waals surface area contributed by atoms with E-state index >= 15 is 0 Å². The summed E-state index contributed by atoms with van der Waals surface area (Å²) in [4.78, 5) is 17.8. The Morgan fingerprint density at radius 2 is 1.00 bits per heavy atom. The Kier molecular flexibility index (Phi) is 61.4. The van der Waals surface area contributed by atoms with Gasteiger partial charge in [-0.15, -0.1) is 0 Å². The average molecular weight is 644 g/mol. The van der Waals surface area contributed by atoms with E-state index in [1.54, 1.807) is 49.7 Å². The number of rotatable bonds is 0. The predicted octanol–water partition coefficient (Wildman–Crippen LogP) is 12.3. The molecular weight excluding hydrogens is 566 g/mol. The van der Waals surface area contributed by atoms with Gasteiger partial charge in [-0.1, -0.05) is 130 Å². The molecule has 0 radical (unpaired) electrons. The zero-order chi connectivity index (χ0) is 35.6.